The Morgan fingerprint density at radius 1 is 0.742 bits per heavy atom. The maximum absolute atomic E-state index is 11.1. The van der Waals surface area contributed by atoms with E-state index >= 15 is 0 Å². The number of hydrogen-bond donors (Lipinski definition) is 2. The molecule has 0 aliphatic heterocycles. The number of ether oxygens (including phenoxy) is 1. The second-order valence-corrected chi connectivity index (χ2v) is 9.12. The standard InChI is InChI=1S/C26H54N2O3/c1-3-5-6-7-8-9-10-11-12-13-14-15-16-17-18-19-20-21-22-31-24-25(29)23-28(4-2)26(27)30/h25,29H,3-24H2,1-2H3,(H2,27,30). The number of nitrogens with zero attached hydrogens (tertiary/aromatic N) is 1. The van der Waals surface area contributed by atoms with Crippen molar-refractivity contribution in [3.05, 3.63) is 0 Å². The Balaban J connectivity index is 3.19. The fourth-order valence-electron chi connectivity index (χ4n) is 4.01. The maximum atomic E-state index is 11.1. The van der Waals surface area contributed by atoms with Gasteiger partial charge in [-0.2, -0.15) is 0 Å². The number of carbonyl (C=O) groups is 1. The molecule has 186 valence electrons. The molecule has 0 aromatic heterocycles. The average molecular weight is 443 g/mol. The SMILES string of the molecule is CCCCCCCCCCCCCCCCCCCCOCC(O)CN(CC)C(N)=O. The van der Waals surface area contributed by atoms with Gasteiger partial charge in [0.1, 0.15) is 0 Å². The van der Waals surface area contributed by atoms with Crippen molar-refractivity contribution in [1.29, 1.82) is 0 Å². The van der Waals surface area contributed by atoms with E-state index in [9.17, 15) is 9.90 Å². The highest BCUT2D eigenvalue weighted by Gasteiger charge is 2.13. The number of rotatable bonds is 24. The molecule has 0 saturated heterocycles. The normalized spacial score (nSPS) is 12.2. The zero-order valence-corrected chi connectivity index (χ0v) is 20.9. The molecule has 0 saturated carbocycles. The third-order valence-electron chi connectivity index (χ3n) is 6.08. The van der Waals surface area contributed by atoms with Crippen LogP contribution in [0.25, 0.3) is 0 Å². The Morgan fingerprint density at radius 2 is 1.13 bits per heavy atom. The first-order valence-electron chi connectivity index (χ1n) is 13.4. The molecule has 0 radical (unpaired) electrons. The number of amides is 2. The summed E-state index contributed by atoms with van der Waals surface area (Å²) in [5.41, 5.74) is 5.24. The van der Waals surface area contributed by atoms with Gasteiger partial charge in [0.2, 0.25) is 0 Å². The van der Waals surface area contributed by atoms with E-state index in [0.717, 1.165) is 6.42 Å². The van der Waals surface area contributed by atoms with Crippen molar-refractivity contribution in [2.75, 3.05) is 26.3 Å². The highest BCUT2D eigenvalue weighted by atomic mass is 16.5. The predicted octanol–water partition coefficient (Wildman–Crippen LogP) is 6.81. The van der Waals surface area contributed by atoms with Gasteiger partial charge in [0.15, 0.2) is 0 Å². The van der Waals surface area contributed by atoms with Crippen LogP contribution in [0.5, 0.6) is 0 Å². The van der Waals surface area contributed by atoms with Crippen molar-refractivity contribution in [1.82, 2.24) is 4.90 Å². The Kier molecular flexibility index (Phi) is 23.2. The molecule has 5 nitrogen and oxygen atoms in total. The number of aliphatic hydroxyl groups is 1. The summed E-state index contributed by atoms with van der Waals surface area (Å²) >= 11 is 0. The lowest BCUT2D eigenvalue weighted by atomic mass is 10.0. The van der Waals surface area contributed by atoms with Gasteiger partial charge < -0.3 is 20.5 Å². The second-order valence-electron chi connectivity index (χ2n) is 9.12. The van der Waals surface area contributed by atoms with Crippen molar-refractivity contribution < 1.29 is 14.6 Å². The van der Waals surface area contributed by atoms with E-state index in [1.165, 1.54) is 114 Å². The molecule has 0 heterocycles. The van der Waals surface area contributed by atoms with Crippen LogP contribution in [0.15, 0.2) is 0 Å². The Labute approximate surface area is 193 Å². The summed E-state index contributed by atoms with van der Waals surface area (Å²) < 4.78 is 5.52. The van der Waals surface area contributed by atoms with Gasteiger partial charge in [-0.05, 0) is 13.3 Å². The molecule has 0 aliphatic rings. The predicted molar refractivity (Wildman–Crippen MR) is 132 cm³/mol. The smallest absolute Gasteiger partial charge is 0.314 e. The zero-order chi connectivity index (χ0) is 23.0. The molecule has 0 aliphatic carbocycles. The molecular weight excluding hydrogens is 388 g/mol. The minimum Gasteiger partial charge on any atom is -0.389 e. The highest BCUT2D eigenvalue weighted by Crippen LogP contribution is 2.14. The number of nitrogens with two attached hydrogens (primary N) is 1. The molecule has 1 unspecified atom stereocenters. The van der Waals surface area contributed by atoms with E-state index in [4.69, 9.17) is 10.5 Å². The Hall–Kier alpha value is -0.810. The molecule has 1 atom stereocenters. The first-order chi connectivity index (χ1) is 15.1. The molecule has 0 spiro atoms. The number of likely N-dealkylation sites (N-methyl/N-ethyl adjacent to an activating group) is 1. The Morgan fingerprint density at radius 3 is 1.48 bits per heavy atom. The van der Waals surface area contributed by atoms with Crippen molar-refractivity contribution in [3.63, 3.8) is 0 Å². The lowest BCUT2D eigenvalue weighted by Gasteiger charge is -2.21. The van der Waals surface area contributed by atoms with Gasteiger partial charge in [0, 0.05) is 13.2 Å². The van der Waals surface area contributed by atoms with E-state index < -0.39 is 12.1 Å². The largest absolute Gasteiger partial charge is 0.389 e. The molecule has 31 heavy (non-hydrogen) atoms. The van der Waals surface area contributed by atoms with Gasteiger partial charge in [-0.25, -0.2) is 4.79 Å². The zero-order valence-electron chi connectivity index (χ0n) is 20.9. The Bertz CT molecular complexity index is 380. The highest BCUT2D eigenvalue weighted by molar-refractivity contribution is 5.71. The summed E-state index contributed by atoms with van der Waals surface area (Å²) in [5, 5.41) is 9.88. The van der Waals surface area contributed by atoms with Crippen LogP contribution in [0.3, 0.4) is 0 Å². The molecule has 3 N–H and O–H groups in total. The van der Waals surface area contributed by atoms with Crippen LogP contribution >= 0.6 is 0 Å². The van der Waals surface area contributed by atoms with Crippen LogP contribution < -0.4 is 5.73 Å². The van der Waals surface area contributed by atoms with Gasteiger partial charge in [0.25, 0.3) is 0 Å². The van der Waals surface area contributed by atoms with E-state index in [0.29, 0.717) is 13.2 Å². The van der Waals surface area contributed by atoms with Crippen molar-refractivity contribution in [3.8, 4) is 0 Å². The van der Waals surface area contributed by atoms with Crippen LogP contribution in [0.1, 0.15) is 129 Å². The first-order valence-corrected chi connectivity index (χ1v) is 13.4. The first kappa shape index (κ1) is 30.2. The van der Waals surface area contributed by atoms with E-state index in [-0.39, 0.29) is 13.2 Å². The van der Waals surface area contributed by atoms with Gasteiger partial charge in [-0.15, -0.1) is 0 Å². The lowest BCUT2D eigenvalue weighted by Crippen LogP contribution is -2.42. The summed E-state index contributed by atoms with van der Waals surface area (Å²) in [7, 11) is 0. The third kappa shape index (κ3) is 22.2. The summed E-state index contributed by atoms with van der Waals surface area (Å²) in [4.78, 5) is 12.5. The maximum Gasteiger partial charge on any atom is 0.314 e. The monoisotopic (exact) mass is 442 g/mol. The van der Waals surface area contributed by atoms with Gasteiger partial charge in [-0.3, -0.25) is 0 Å². The molecule has 0 fully saturated rings. The fourth-order valence-corrected chi connectivity index (χ4v) is 4.01. The van der Waals surface area contributed by atoms with Gasteiger partial charge in [-0.1, -0.05) is 116 Å². The van der Waals surface area contributed by atoms with E-state index in [1.807, 2.05) is 6.92 Å². The minimum absolute atomic E-state index is 0.241. The minimum atomic E-state index is -0.664. The third-order valence-corrected chi connectivity index (χ3v) is 6.08. The van der Waals surface area contributed by atoms with Crippen LogP contribution in [-0.2, 0) is 4.74 Å². The number of urea groups is 1. The topological polar surface area (TPSA) is 75.8 Å². The van der Waals surface area contributed by atoms with Gasteiger partial charge >= 0.3 is 6.03 Å². The summed E-state index contributed by atoms with van der Waals surface area (Å²) in [6.45, 7) is 5.82. The quantitative estimate of drug-likeness (QED) is 0.161. The van der Waals surface area contributed by atoms with Gasteiger partial charge in [0.05, 0.1) is 19.3 Å². The number of aliphatic hydroxyl groups excluding tert-OH is 1. The van der Waals surface area contributed by atoms with E-state index in [2.05, 4.69) is 6.92 Å². The van der Waals surface area contributed by atoms with Crippen molar-refractivity contribution in [2.24, 2.45) is 5.73 Å². The van der Waals surface area contributed by atoms with E-state index in [1.54, 1.807) is 0 Å². The molecule has 0 aromatic rings. The van der Waals surface area contributed by atoms with Crippen LogP contribution in [0, 0.1) is 0 Å². The lowest BCUT2D eigenvalue weighted by molar-refractivity contribution is 0.0223. The number of hydrogen-bond acceptors (Lipinski definition) is 3. The molecule has 2 amide bonds. The second kappa shape index (κ2) is 23.8. The number of unbranched alkanes of at least 4 members (excludes halogenated alkanes) is 17. The molecule has 5 heteroatoms. The molecule has 0 bridgehead atoms. The van der Waals surface area contributed by atoms with Crippen LogP contribution in [0.4, 0.5) is 4.79 Å². The number of primary amides is 1. The molecular formula is C26H54N2O3. The fraction of sp³-hybridized carbons (Fsp3) is 0.962. The van der Waals surface area contributed by atoms with Crippen LogP contribution in [-0.4, -0.2) is 48.4 Å². The average Bonchev–Trinajstić information content (AvgIpc) is 2.75. The summed E-state index contributed by atoms with van der Waals surface area (Å²) in [5.74, 6) is 0. The number of carbonyl (C=O) groups excluding carboxylic acids is 1. The van der Waals surface area contributed by atoms with Crippen molar-refractivity contribution >= 4 is 6.03 Å². The molecule has 0 aromatic carbocycles. The summed E-state index contributed by atoms with van der Waals surface area (Å²) in [6, 6.07) is -0.495. The van der Waals surface area contributed by atoms with Crippen LogP contribution in [0.2, 0.25) is 0 Å². The molecule has 0 rings (SSSR count). The summed E-state index contributed by atoms with van der Waals surface area (Å²) in [6.07, 6.45) is 24.0. The van der Waals surface area contributed by atoms with Crippen molar-refractivity contribution in [2.45, 2.75) is 136 Å².